The first-order chi connectivity index (χ1) is 12.9. The number of hydrogen-bond acceptors (Lipinski definition) is 4. The average Bonchev–Trinajstić information content (AvgIpc) is 2.89. The van der Waals surface area contributed by atoms with Gasteiger partial charge in [0.1, 0.15) is 11.6 Å². The number of pyridine rings is 1. The van der Waals surface area contributed by atoms with Gasteiger partial charge in [-0.2, -0.15) is 15.5 Å². The van der Waals surface area contributed by atoms with Crippen molar-refractivity contribution >= 4 is 6.21 Å². The molecule has 0 saturated carbocycles. The molecule has 0 unspecified atom stereocenters. The first kappa shape index (κ1) is 18.3. The number of aromatic nitrogens is 3. The van der Waals surface area contributed by atoms with Gasteiger partial charge in [-0.15, -0.1) is 0 Å². The molecule has 27 heavy (non-hydrogen) atoms. The zero-order chi connectivity index (χ0) is 19.6. The standard InChI is InChI=1S/C21H21N5O/c1-14-10-15(2)26(21(27)19(14)11-22)23-12-20-16(3)24-25(17(20)4)13-18-8-6-5-7-9-18/h5-10,12H,13H2,1-4H3/b23-12+. The van der Waals surface area contributed by atoms with E-state index in [4.69, 9.17) is 0 Å². The Kier molecular flexibility index (Phi) is 5.04. The lowest BCUT2D eigenvalue weighted by molar-refractivity contribution is 0.659. The van der Waals surface area contributed by atoms with Crippen molar-refractivity contribution in [3.8, 4) is 6.07 Å². The lowest BCUT2D eigenvalue weighted by Crippen LogP contribution is -2.22. The smallest absolute Gasteiger partial charge is 0.266 e. The van der Waals surface area contributed by atoms with Gasteiger partial charge in [0.15, 0.2) is 0 Å². The molecular weight excluding hydrogens is 338 g/mol. The monoisotopic (exact) mass is 359 g/mol. The van der Waals surface area contributed by atoms with Crippen LogP contribution in [0.3, 0.4) is 0 Å². The van der Waals surface area contributed by atoms with Gasteiger partial charge in [0.05, 0.1) is 18.5 Å². The molecule has 2 heterocycles. The quantitative estimate of drug-likeness (QED) is 0.672. The van der Waals surface area contributed by atoms with Crippen molar-refractivity contribution in [2.75, 3.05) is 0 Å². The molecule has 0 aliphatic heterocycles. The van der Waals surface area contributed by atoms with Crippen LogP contribution in [0.2, 0.25) is 0 Å². The molecule has 0 spiro atoms. The Bertz CT molecular complexity index is 1110. The molecule has 6 heteroatoms. The second-order valence-corrected chi connectivity index (χ2v) is 6.54. The second-order valence-electron chi connectivity index (χ2n) is 6.54. The molecule has 0 aliphatic rings. The Balaban J connectivity index is 1.98. The summed E-state index contributed by atoms with van der Waals surface area (Å²) in [4.78, 5) is 12.5. The molecule has 3 aromatic rings. The van der Waals surface area contributed by atoms with E-state index in [0.29, 0.717) is 17.8 Å². The van der Waals surface area contributed by atoms with Gasteiger partial charge in [-0.05, 0) is 44.9 Å². The van der Waals surface area contributed by atoms with Gasteiger partial charge < -0.3 is 0 Å². The molecule has 0 atom stereocenters. The number of benzene rings is 1. The Hall–Kier alpha value is -3.46. The number of nitriles is 1. The first-order valence-corrected chi connectivity index (χ1v) is 8.68. The van der Waals surface area contributed by atoms with E-state index in [1.54, 1.807) is 26.1 Å². The van der Waals surface area contributed by atoms with E-state index < -0.39 is 5.56 Å². The molecule has 136 valence electrons. The zero-order valence-electron chi connectivity index (χ0n) is 15.9. The van der Waals surface area contributed by atoms with Crippen LogP contribution in [0.25, 0.3) is 0 Å². The minimum Gasteiger partial charge on any atom is -0.266 e. The SMILES string of the molecule is Cc1cc(C)n(/N=C/c2c(C)nn(Cc3ccccc3)c2C)c(=O)c1C#N. The Morgan fingerprint density at radius 2 is 1.89 bits per heavy atom. The summed E-state index contributed by atoms with van der Waals surface area (Å²) in [5.74, 6) is 0. The molecule has 0 bridgehead atoms. The summed E-state index contributed by atoms with van der Waals surface area (Å²) < 4.78 is 3.19. The fourth-order valence-corrected chi connectivity index (χ4v) is 3.08. The fraction of sp³-hybridized carbons (Fsp3) is 0.238. The maximum Gasteiger partial charge on any atom is 0.289 e. The molecule has 1 aromatic carbocycles. The predicted octanol–water partition coefficient (Wildman–Crippen LogP) is 3.08. The van der Waals surface area contributed by atoms with Crippen LogP contribution in [0.1, 0.15) is 39.3 Å². The van der Waals surface area contributed by atoms with E-state index in [1.807, 2.05) is 42.8 Å². The van der Waals surface area contributed by atoms with Crippen LogP contribution in [0.5, 0.6) is 0 Å². The van der Waals surface area contributed by atoms with Gasteiger partial charge in [0.2, 0.25) is 0 Å². The van der Waals surface area contributed by atoms with E-state index in [0.717, 1.165) is 22.5 Å². The summed E-state index contributed by atoms with van der Waals surface area (Å²) in [6.07, 6.45) is 1.64. The van der Waals surface area contributed by atoms with Crippen LogP contribution in [-0.2, 0) is 6.54 Å². The third-order valence-corrected chi connectivity index (χ3v) is 4.59. The van der Waals surface area contributed by atoms with E-state index in [9.17, 15) is 10.1 Å². The van der Waals surface area contributed by atoms with Crippen molar-refractivity contribution in [3.05, 3.63) is 86.1 Å². The van der Waals surface area contributed by atoms with Crippen LogP contribution < -0.4 is 5.56 Å². The van der Waals surface area contributed by atoms with E-state index in [-0.39, 0.29) is 5.56 Å². The lowest BCUT2D eigenvalue weighted by Gasteiger charge is -2.06. The highest BCUT2D eigenvalue weighted by molar-refractivity contribution is 5.82. The summed E-state index contributed by atoms with van der Waals surface area (Å²) in [5.41, 5.74) is 4.90. The number of hydrogen-bond donors (Lipinski definition) is 0. The molecule has 0 aliphatic carbocycles. The van der Waals surface area contributed by atoms with Crippen molar-refractivity contribution in [2.24, 2.45) is 5.10 Å². The van der Waals surface area contributed by atoms with Gasteiger partial charge >= 0.3 is 0 Å². The Labute approximate surface area is 158 Å². The van der Waals surface area contributed by atoms with E-state index >= 15 is 0 Å². The summed E-state index contributed by atoms with van der Waals surface area (Å²) in [7, 11) is 0. The Morgan fingerprint density at radius 3 is 2.56 bits per heavy atom. The van der Waals surface area contributed by atoms with Crippen molar-refractivity contribution < 1.29 is 0 Å². The van der Waals surface area contributed by atoms with Crippen molar-refractivity contribution in [1.82, 2.24) is 14.5 Å². The average molecular weight is 359 g/mol. The van der Waals surface area contributed by atoms with Crippen LogP contribution in [0.15, 0.2) is 46.3 Å². The highest BCUT2D eigenvalue weighted by Crippen LogP contribution is 2.13. The van der Waals surface area contributed by atoms with E-state index in [2.05, 4.69) is 22.3 Å². The fourth-order valence-electron chi connectivity index (χ4n) is 3.08. The van der Waals surface area contributed by atoms with Gasteiger partial charge in [0, 0.05) is 17.0 Å². The van der Waals surface area contributed by atoms with Crippen molar-refractivity contribution in [2.45, 2.75) is 34.2 Å². The second kappa shape index (κ2) is 7.42. The largest absolute Gasteiger partial charge is 0.289 e. The van der Waals surface area contributed by atoms with Gasteiger partial charge in [-0.1, -0.05) is 30.3 Å². The minimum absolute atomic E-state index is 0.117. The summed E-state index contributed by atoms with van der Waals surface area (Å²) in [5, 5.41) is 18.1. The van der Waals surface area contributed by atoms with Crippen LogP contribution >= 0.6 is 0 Å². The third kappa shape index (κ3) is 3.58. The number of aryl methyl sites for hydroxylation is 3. The summed E-state index contributed by atoms with van der Waals surface area (Å²) in [6, 6.07) is 13.9. The summed E-state index contributed by atoms with van der Waals surface area (Å²) >= 11 is 0. The third-order valence-electron chi connectivity index (χ3n) is 4.59. The van der Waals surface area contributed by atoms with Gasteiger partial charge in [-0.25, -0.2) is 4.68 Å². The molecule has 0 N–H and O–H groups in total. The molecule has 0 saturated heterocycles. The highest BCUT2D eigenvalue weighted by Gasteiger charge is 2.12. The molecule has 2 aromatic heterocycles. The zero-order valence-corrected chi connectivity index (χ0v) is 15.9. The molecule has 0 fully saturated rings. The van der Waals surface area contributed by atoms with Gasteiger partial charge in [0.25, 0.3) is 5.56 Å². The Morgan fingerprint density at radius 1 is 1.19 bits per heavy atom. The highest BCUT2D eigenvalue weighted by atomic mass is 16.1. The molecular formula is C21H21N5O. The topological polar surface area (TPSA) is 76.0 Å². The first-order valence-electron chi connectivity index (χ1n) is 8.68. The maximum absolute atomic E-state index is 12.5. The predicted molar refractivity (Wildman–Crippen MR) is 105 cm³/mol. The number of nitrogens with zero attached hydrogens (tertiary/aromatic N) is 5. The van der Waals surface area contributed by atoms with Gasteiger partial charge in [-0.3, -0.25) is 9.48 Å². The van der Waals surface area contributed by atoms with E-state index in [1.165, 1.54) is 4.68 Å². The summed E-state index contributed by atoms with van der Waals surface area (Å²) in [6.45, 7) is 8.12. The van der Waals surface area contributed by atoms with Crippen LogP contribution in [0.4, 0.5) is 0 Å². The molecule has 0 amide bonds. The van der Waals surface area contributed by atoms with Crippen LogP contribution in [0, 0.1) is 39.0 Å². The molecule has 6 nitrogen and oxygen atoms in total. The molecule has 0 radical (unpaired) electrons. The van der Waals surface area contributed by atoms with Crippen molar-refractivity contribution in [1.29, 1.82) is 5.26 Å². The van der Waals surface area contributed by atoms with Crippen LogP contribution in [-0.4, -0.2) is 20.7 Å². The van der Waals surface area contributed by atoms with Crippen molar-refractivity contribution in [3.63, 3.8) is 0 Å². The molecule has 3 rings (SSSR count). The normalized spacial score (nSPS) is 11.1. The minimum atomic E-state index is -0.404. The lowest BCUT2D eigenvalue weighted by atomic mass is 10.1. The number of rotatable bonds is 4. The maximum atomic E-state index is 12.5.